The summed E-state index contributed by atoms with van der Waals surface area (Å²) < 4.78 is 5.45. The molecule has 7 heteroatoms. The number of imide groups is 1. The Bertz CT molecular complexity index is 366. The molecular formula is C12H19N3O4. The van der Waals surface area contributed by atoms with Crippen LogP contribution in [0.25, 0.3) is 0 Å². The third-order valence-electron chi connectivity index (χ3n) is 3.33. The van der Waals surface area contributed by atoms with Crippen molar-refractivity contribution in [2.24, 2.45) is 0 Å². The predicted octanol–water partition coefficient (Wildman–Crippen LogP) is -0.340. The summed E-state index contributed by atoms with van der Waals surface area (Å²) in [5, 5.41) is 7.39. The molecule has 0 spiro atoms. The molecule has 106 valence electrons. The fourth-order valence-corrected chi connectivity index (χ4v) is 2.27. The SMILES string of the molecule is O=C(CCC1NC(=O)NC1=O)NCCC1CCCO1. The molecule has 0 radical (unpaired) electrons. The van der Waals surface area contributed by atoms with Crippen LogP contribution in [-0.4, -0.2) is 43.1 Å². The summed E-state index contributed by atoms with van der Waals surface area (Å²) in [5.74, 6) is -0.468. The van der Waals surface area contributed by atoms with Gasteiger partial charge in [0.05, 0.1) is 6.10 Å². The van der Waals surface area contributed by atoms with Crippen molar-refractivity contribution in [2.75, 3.05) is 13.2 Å². The number of ether oxygens (including phenoxy) is 1. The average molecular weight is 269 g/mol. The van der Waals surface area contributed by atoms with Crippen molar-refractivity contribution in [3.8, 4) is 0 Å². The highest BCUT2D eigenvalue weighted by Crippen LogP contribution is 2.14. The van der Waals surface area contributed by atoms with Crippen molar-refractivity contribution in [1.82, 2.24) is 16.0 Å². The summed E-state index contributed by atoms with van der Waals surface area (Å²) >= 11 is 0. The third kappa shape index (κ3) is 4.20. The van der Waals surface area contributed by atoms with Crippen LogP contribution < -0.4 is 16.0 Å². The van der Waals surface area contributed by atoms with E-state index < -0.39 is 12.1 Å². The van der Waals surface area contributed by atoms with E-state index in [0.29, 0.717) is 13.0 Å². The van der Waals surface area contributed by atoms with Crippen molar-refractivity contribution < 1.29 is 19.1 Å². The molecule has 0 aromatic rings. The fourth-order valence-electron chi connectivity index (χ4n) is 2.27. The van der Waals surface area contributed by atoms with Gasteiger partial charge in [0, 0.05) is 19.6 Å². The third-order valence-corrected chi connectivity index (χ3v) is 3.33. The minimum absolute atomic E-state index is 0.105. The van der Waals surface area contributed by atoms with E-state index in [0.717, 1.165) is 25.9 Å². The first-order chi connectivity index (χ1) is 9.15. The second-order valence-electron chi connectivity index (χ2n) is 4.83. The lowest BCUT2D eigenvalue weighted by Gasteiger charge is -2.11. The number of hydrogen-bond acceptors (Lipinski definition) is 4. The van der Waals surface area contributed by atoms with Crippen LogP contribution in [0.4, 0.5) is 4.79 Å². The summed E-state index contributed by atoms with van der Waals surface area (Å²) in [6.45, 7) is 1.40. The topological polar surface area (TPSA) is 96.5 Å². The van der Waals surface area contributed by atoms with Gasteiger partial charge in [-0.05, 0) is 25.7 Å². The number of nitrogens with one attached hydrogen (secondary N) is 3. The number of rotatable bonds is 6. The number of carbonyl (C=O) groups excluding carboxylic acids is 3. The minimum atomic E-state index is -0.587. The van der Waals surface area contributed by atoms with E-state index in [2.05, 4.69) is 16.0 Å². The van der Waals surface area contributed by atoms with Crippen LogP contribution in [0.1, 0.15) is 32.1 Å². The molecule has 0 aromatic carbocycles. The Morgan fingerprint density at radius 2 is 2.21 bits per heavy atom. The largest absolute Gasteiger partial charge is 0.378 e. The molecule has 2 aliphatic rings. The lowest BCUT2D eigenvalue weighted by atomic mass is 10.1. The zero-order chi connectivity index (χ0) is 13.7. The fraction of sp³-hybridized carbons (Fsp3) is 0.750. The van der Waals surface area contributed by atoms with E-state index in [1.54, 1.807) is 0 Å². The zero-order valence-electron chi connectivity index (χ0n) is 10.7. The van der Waals surface area contributed by atoms with E-state index in [1.807, 2.05) is 0 Å². The van der Waals surface area contributed by atoms with Gasteiger partial charge in [-0.1, -0.05) is 0 Å². The highest BCUT2D eigenvalue weighted by atomic mass is 16.5. The molecule has 0 aromatic heterocycles. The summed E-state index contributed by atoms with van der Waals surface area (Å²) in [4.78, 5) is 33.7. The van der Waals surface area contributed by atoms with E-state index in [1.165, 1.54) is 0 Å². The Labute approximate surface area is 111 Å². The monoisotopic (exact) mass is 269 g/mol. The highest BCUT2D eigenvalue weighted by molar-refractivity contribution is 6.04. The quantitative estimate of drug-likeness (QED) is 0.575. The summed E-state index contributed by atoms with van der Waals surface area (Å²) in [6.07, 6.45) is 3.79. The number of amides is 4. The van der Waals surface area contributed by atoms with Gasteiger partial charge >= 0.3 is 6.03 Å². The van der Waals surface area contributed by atoms with Gasteiger partial charge in [0.15, 0.2) is 0 Å². The van der Waals surface area contributed by atoms with E-state index in [4.69, 9.17) is 4.74 Å². The second-order valence-corrected chi connectivity index (χ2v) is 4.83. The van der Waals surface area contributed by atoms with Gasteiger partial charge in [0.25, 0.3) is 5.91 Å². The molecule has 0 bridgehead atoms. The standard InChI is InChI=1S/C12H19N3O4/c16-10(13-6-5-8-2-1-7-19-8)4-3-9-11(17)15-12(18)14-9/h8-9H,1-7H2,(H,13,16)(H2,14,15,17,18). The van der Waals surface area contributed by atoms with Crippen LogP contribution in [0.3, 0.4) is 0 Å². The Kier molecular flexibility index (Phi) is 4.73. The molecule has 4 amide bonds. The van der Waals surface area contributed by atoms with Gasteiger partial charge in [-0.25, -0.2) is 4.79 Å². The number of urea groups is 1. The van der Waals surface area contributed by atoms with E-state index in [9.17, 15) is 14.4 Å². The smallest absolute Gasteiger partial charge is 0.322 e. The van der Waals surface area contributed by atoms with Crippen LogP contribution in [0.5, 0.6) is 0 Å². The molecule has 2 heterocycles. The van der Waals surface area contributed by atoms with Gasteiger partial charge in [0.1, 0.15) is 6.04 Å². The van der Waals surface area contributed by atoms with Gasteiger partial charge < -0.3 is 15.4 Å². The highest BCUT2D eigenvalue weighted by Gasteiger charge is 2.29. The van der Waals surface area contributed by atoms with Crippen LogP contribution in [-0.2, 0) is 14.3 Å². The van der Waals surface area contributed by atoms with Crippen molar-refractivity contribution in [2.45, 2.75) is 44.2 Å². The van der Waals surface area contributed by atoms with Crippen molar-refractivity contribution in [3.05, 3.63) is 0 Å². The molecular weight excluding hydrogens is 250 g/mol. The van der Waals surface area contributed by atoms with Crippen molar-refractivity contribution in [1.29, 1.82) is 0 Å². The van der Waals surface area contributed by atoms with Gasteiger partial charge in [-0.3, -0.25) is 14.9 Å². The van der Waals surface area contributed by atoms with Gasteiger partial charge in [-0.2, -0.15) is 0 Å². The molecule has 2 saturated heterocycles. The molecule has 2 rings (SSSR count). The molecule has 2 atom stereocenters. The Balaban J connectivity index is 1.56. The van der Waals surface area contributed by atoms with Gasteiger partial charge in [-0.15, -0.1) is 0 Å². The summed E-state index contributed by atoms with van der Waals surface area (Å²) in [6, 6.07) is -1.08. The van der Waals surface area contributed by atoms with E-state index >= 15 is 0 Å². The van der Waals surface area contributed by atoms with Crippen molar-refractivity contribution >= 4 is 17.8 Å². The molecule has 7 nitrogen and oxygen atoms in total. The second kappa shape index (κ2) is 6.51. The van der Waals surface area contributed by atoms with E-state index in [-0.39, 0.29) is 24.3 Å². The molecule has 2 fully saturated rings. The molecule has 19 heavy (non-hydrogen) atoms. The maximum absolute atomic E-state index is 11.6. The molecule has 3 N–H and O–H groups in total. The Morgan fingerprint density at radius 1 is 1.37 bits per heavy atom. The average Bonchev–Trinajstić information content (AvgIpc) is 2.97. The summed E-state index contributed by atoms with van der Waals surface area (Å²) in [5.41, 5.74) is 0. The number of carbonyl (C=O) groups is 3. The zero-order valence-corrected chi connectivity index (χ0v) is 10.7. The molecule has 2 unspecified atom stereocenters. The van der Waals surface area contributed by atoms with Crippen LogP contribution >= 0.6 is 0 Å². The van der Waals surface area contributed by atoms with Crippen LogP contribution in [0.2, 0.25) is 0 Å². The Morgan fingerprint density at radius 3 is 2.84 bits per heavy atom. The van der Waals surface area contributed by atoms with Crippen molar-refractivity contribution in [3.63, 3.8) is 0 Å². The summed E-state index contributed by atoms with van der Waals surface area (Å²) in [7, 11) is 0. The lowest BCUT2D eigenvalue weighted by Crippen LogP contribution is -2.32. The first-order valence-electron chi connectivity index (χ1n) is 6.65. The molecule has 0 aliphatic carbocycles. The van der Waals surface area contributed by atoms with Crippen LogP contribution in [0, 0.1) is 0 Å². The normalized spacial score (nSPS) is 26.1. The van der Waals surface area contributed by atoms with Crippen LogP contribution in [0.15, 0.2) is 0 Å². The first kappa shape index (κ1) is 13.8. The molecule has 2 aliphatic heterocycles. The van der Waals surface area contributed by atoms with Gasteiger partial charge in [0.2, 0.25) is 5.91 Å². The first-order valence-corrected chi connectivity index (χ1v) is 6.65. The minimum Gasteiger partial charge on any atom is -0.378 e. The lowest BCUT2D eigenvalue weighted by molar-refractivity contribution is -0.122. The number of hydrogen-bond donors (Lipinski definition) is 3. The Hall–Kier alpha value is -1.63. The maximum Gasteiger partial charge on any atom is 0.322 e. The molecule has 0 saturated carbocycles. The predicted molar refractivity (Wildman–Crippen MR) is 66.3 cm³/mol. The maximum atomic E-state index is 11.6.